The van der Waals surface area contributed by atoms with Gasteiger partial charge in [-0.05, 0) is 92.3 Å². The fourth-order valence-electron chi connectivity index (χ4n) is 14.6. The van der Waals surface area contributed by atoms with Crippen molar-refractivity contribution in [3.8, 4) is 0 Å². The smallest absolute Gasteiger partial charge is 0.693 e. The van der Waals surface area contributed by atoms with Crippen LogP contribution in [0.15, 0.2) is 0 Å². The number of nitrogens with two attached hydrogens (primary N) is 8. The molecule has 4 heterocycles. The molecule has 0 spiro atoms. The molecule has 7 rings (SSSR count). The van der Waals surface area contributed by atoms with Crippen LogP contribution >= 0.6 is 0 Å². The third kappa shape index (κ3) is 18.2. The van der Waals surface area contributed by atoms with Gasteiger partial charge in [0, 0.05) is 0 Å². The normalized spacial score (nSPS) is 34.0. The van der Waals surface area contributed by atoms with Gasteiger partial charge in [-0.3, -0.25) is 0 Å². The molecule has 0 aromatic heterocycles. The Bertz CT molecular complexity index is 958. The van der Waals surface area contributed by atoms with Crippen LogP contribution in [0.1, 0.15) is 206 Å². The largest absolute Gasteiger partial charge is 6.00 e. The first-order chi connectivity index (χ1) is 26.2. The van der Waals surface area contributed by atoms with E-state index in [4.69, 9.17) is 21.3 Å². The van der Waals surface area contributed by atoms with Gasteiger partial charge < -0.3 is 70.5 Å². The Morgan fingerprint density at radius 2 is 0.714 bits per heavy atom. The number of fused-ring (bicyclic) bond motifs is 3. The van der Waals surface area contributed by atoms with Crippen LogP contribution in [0.25, 0.3) is 70.5 Å². The van der Waals surface area contributed by atoms with E-state index in [-0.39, 0.29) is 88.2 Å². The van der Waals surface area contributed by atoms with Gasteiger partial charge >= 0.3 is 39.0 Å². The van der Waals surface area contributed by atoms with Crippen LogP contribution in [-0.4, -0.2) is 50.3 Å². The zero-order chi connectivity index (χ0) is 36.3. The van der Waals surface area contributed by atoms with Gasteiger partial charge in [-0.2, -0.15) is 24.2 Å². The molecule has 7 fully saturated rings. The fourth-order valence-corrected chi connectivity index (χ4v) is 14.6. The summed E-state index contributed by atoms with van der Waals surface area (Å²) in [5, 5.41) is 21.0. The molecule has 3 saturated carbocycles. The Labute approximate surface area is 416 Å². The molecule has 63 heavy (non-hydrogen) atoms. The molecule has 4 aliphatic heterocycles. The Kier molecular flexibility index (Phi) is 41.0. The zero-order valence-electron chi connectivity index (χ0n) is 40.6. The molecule has 4 saturated heterocycles. The van der Waals surface area contributed by atoms with Gasteiger partial charge in [0.15, 0.2) is 0 Å². The predicted octanol–water partition coefficient (Wildman–Crippen LogP) is 20.4. The molecule has 12 atom stereocenters. The first kappa shape index (κ1) is 70.3. The summed E-state index contributed by atoms with van der Waals surface area (Å²) >= 11 is 0. The van der Waals surface area contributed by atoms with Crippen LogP contribution < -0.4 is 0 Å². The van der Waals surface area contributed by atoms with E-state index in [0.717, 1.165) is 73.5 Å². The number of rotatable bonds is 18. The van der Waals surface area contributed by atoms with Gasteiger partial charge in [0.25, 0.3) is 0 Å². The van der Waals surface area contributed by atoms with Crippen molar-refractivity contribution in [1.82, 2.24) is 0 Å². The summed E-state index contributed by atoms with van der Waals surface area (Å²) in [6.07, 6.45) is 43.5. The monoisotopic (exact) mass is 1060 g/mol. The van der Waals surface area contributed by atoms with E-state index in [0.29, 0.717) is 29.6 Å². The molecule has 3 aliphatic carbocycles. The second kappa shape index (κ2) is 36.7. The molecule has 0 bridgehead atoms. The SMILES string of the molecule is CCCCCCCCC1(CCCCCCCC)C2CC(C3CCC(C4CCCC[N-]4)[N-]C3)CCC2C2CCC(C3CCC(C4CCCC[N-]4)[N-]C3)CC21.[NH2-].[NH2-].[NH2-].[NH2-].[NH2-].[NH2-].[NH2-].[NH2-].[Ru+6].[Ru+6]. The molecule has 12 unspecified atom stereocenters. The van der Waals surface area contributed by atoms with Gasteiger partial charge in [-0.25, -0.2) is 0 Å². The van der Waals surface area contributed by atoms with Crippen LogP contribution in [0.5, 0.6) is 0 Å². The minimum atomic E-state index is 0. The second-order valence-corrected chi connectivity index (χ2v) is 20.4. The summed E-state index contributed by atoms with van der Waals surface area (Å²) in [4.78, 5) is 0. The number of piperidine rings is 4. The number of unbranched alkanes of at least 4 members (excludes halogenated alkanes) is 10. The van der Waals surface area contributed by atoms with Crippen molar-refractivity contribution in [2.45, 2.75) is 231 Å². The molecule has 0 amide bonds. The van der Waals surface area contributed by atoms with Gasteiger partial charge in [-0.15, -0.1) is 26.2 Å². The van der Waals surface area contributed by atoms with Crippen LogP contribution in [0.4, 0.5) is 0 Å². The minimum absolute atomic E-state index is 0. The Morgan fingerprint density at radius 1 is 0.365 bits per heavy atom. The summed E-state index contributed by atoms with van der Waals surface area (Å²) in [5.41, 5.74) is 0.618. The van der Waals surface area contributed by atoms with Crippen molar-refractivity contribution in [2.24, 2.45) is 52.8 Å². The van der Waals surface area contributed by atoms with E-state index in [2.05, 4.69) is 13.8 Å². The maximum atomic E-state index is 5.46. The summed E-state index contributed by atoms with van der Waals surface area (Å²) in [7, 11) is 0. The van der Waals surface area contributed by atoms with E-state index < -0.39 is 0 Å². The number of nitrogens with zero attached hydrogens (tertiary/aromatic N) is 4. The van der Waals surface area contributed by atoms with Crippen molar-refractivity contribution >= 4 is 0 Å². The van der Waals surface area contributed by atoms with Crippen molar-refractivity contribution < 1.29 is 39.0 Å². The van der Waals surface area contributed by atoms with E-state index in [1.165, 1.54) is 154 Å². The average Bonchev–Trinajstić information content (AvgIpc) is 3.49. The van der Waals surface area contributed by atoms with Crippen molar-refractivity contribution in [3.63, 3.8) is 0 Å². The molecule has 16 N–H and O–H groups in total. The topological polar surface area (TPSA) is 324 Å². The molecular weight excluding hydrogens is 959 g/mol. The first-order valence-electron chi connectivity index (χ1n) is 24.9. The van der Waals surface area contributed by atoms with Gasteiger partial charge in [-0.1, -0.05) is 167 Å². The second-order valence-electron chi connectivity index (χ2n) is 20.4. The predicted molar refractivity (Wildman–Crippen MR) is 271 cm³/mol. The maximum Gasteiger partial charge on any atom is 6.00 e. The van der Waals surface area contributed by atoms with Crippen LogP contribution in [0, 0.1) is 52.8 Å². The summed E-state index contributed by atoms with van der Waals surface area (Å²) in [5.74, 6) is 7.65. The third-order valence-corrected chi connectivity index (χ3v) is 17.5. The molecule has 7 aliphatic rings. The summed E-state index contributed by atoms with van der Waals surface area (Å²) in [6.45, 7) is 9.28. The fraction of sp³-hybridized carbons (Fsp3) is 1.00. The molecule has 0 radical (unpaired) electrons. The van der Waals surface area contributed by atoms with E-state index in [1.54, 1.807) is 38.5 Å². The summed E-state index contributed by atoms with van der Waals surface area (Å²) < 4.78 is 0. The van der Waals surface area contributed by atoms with Crippen molar-refractivity contribution in [1.29, 1.82) is 0 Å². The van der Waals surface area contributed by atoms with Crippen LogP contribution in [-0.2, 0) is 39.0 Å². The van der Waals surface area contributed by atoms with E-state index >= 15 is 0 Å². The van der Waals surface area contributed by atoms with Crippen molar-refractivity contribution in [2.75, 3.05) is 26.2 Å². The molecule has 0 aromatic carbocycles. The zero-order valence-corrected chi connectivity index (χ0v) is 44.1. The van der Waals surface area contributed by atoms with Gasteiger partial charge in [0.2, 0.25) is 0 Å². The molecule has 374 valence electrons. The minimum Gasteiger partial charge on any atom is -0.693 e. The van der Waals surface area contributed by atoms with Gasteiger partial charge in [0.05, 0.1) is 0 Å². The standard InChI is InChI=1S/C49H86N4.8H2N.2Ru/c1-3-5-7-9-11-15-29-49(30-16-12-10-8-6-4-2)43-33-37(39-23-27-47(52-35-39)45-19-13-17-31-50-45)21-25-41(43)42-26-22-38(34-44(42)49)40-24-28-48(53-36-40)46-20-14-18-32-51-46;;;;;;;;;;/h37-48H,3-36H2,1-2H3;8*1H2;;/q-4;8*-1;2*+6. The van der Waals surface area contributed by atoms with Crippen LogP contribution in [0.2, 0.25) is 0 Å². The van der Waals surface area contributed by atoms with Gasteiger partial charge in [0.1, 0.15) is 0 Å². The number of hydrogen-bond donors (Lipinski definition) is 0. The Balaban J connectivity index is -0.00000174. The van der Waals surface area contributed by atoms with Crippen LogP contribution in [0.3, 0.4) is 0 Å². The Hall–Kier alpha value is 0.767. The summed E-state index contributed by atoms with van der Waals surface area (Å²) in [6, 6.07) is 2.21. The first-order valence-corrected chi connectivity index (χ1v) is 24.9. The molecular formula is C49H102N12Ru2. The van der Waals surface area contributed by atoms with Crippen molar-refractivity contribution in [3.05, 3.63) is 70.5 Å². The Morgan fingerprint density at radius 3 is 1.05 bits per heavy atom. The molecule has 12 nitrogen and oxygen atoms in total. The quantitative estimate of drug-likeness (QED) is 0.0913. The molecule has 0 aromatic rings. The average molecular weight is 1060 g/mol. The number of hydrogen-bond acceptors (Lipinski definition) is 0. The van der Waals surface area contributed by atoms with E-state index in [1.807, 2.05) is 0 Å². The maximum absolute atomic E-state index is 5.46. The third-order valence-electron chi connectivity index (χ3n) is 17.5. The molecule has 14 heteroatoms. The van der Waals surface area contributed by atoms with E-state index in [9.17, 15) is 0 Å².